The largest absolute Gasteiger partial charge is 0.573 e. The first-order valence-electron chi connectivity index (χ1n) is 11.7. The van der Waals surface area contributed by atoms with Gasteiger partial charge in [0.2, 0.25) is 5.91 Å². The number of carbonyl (C=O) groups is 3. The van der Waals surface area contributed by atoms with Crippen LogP contribution in [-0.4, -0.2) is 49.3 Å². The number of anilines is 3. The molecule has 1 aliphatic rings. The molecule has 212 valence electrons. The Morgan fingerprint density at radius 2 is 1.75 bits per heavy atom. The summed E-state index contributed by atoms with van der Waals surface area (Å²) in [7, 11) is 1.41. The zero-order valence-electron chi connectivity index (χ0n) is 21.3. The number of alkyl halides is 3. The number of halogens is 5. The monoisotopic (exact) mass is 598 g/mol. The molecule has 0 aliphatic carbocycles. The molecule has 14 heteroatoms. The van der Waals surface area contributed by atoms with Crippen molar-refractivity contribution in [3.05, 3.63) is 69.6 Å². The summed E-state index contributed by atoms with van der Waals surface area (Å²) in [5, 5.41) is 7.11. The first kappa shape index (κ1) is 29.2. The molecule has 1 atom stereocenters. The Hall–Kier alpha value is -3.84. The number of likely N-dealkylation sites (N-methyl/N-ethyl adjacent to an activating group) is 1. The maximum Gasteiger partial charge on any atom is 0.573 e. The van der Waals surface area contributed by atoms with Crippen LogP contribution in [0.1, 0.15) is 23.5 Å². The molecule has 0 radical (unpaired) electrons. The third kappa shape index (κ3) is 6.31. The predicted octanol–water partition coefficient (Wildman–Crippen LogP) is 5.25. The second-order valence-electron chi connectivity index (χ2n) is 9.39. The van der Waals surface area contributed by atoms with Crippen LogP contribution in [0.2, 0.25) is 5.02 Å². The smallest absolute Gasteiger partial charge is 0.406 e. The second-order valence-corrected chi connectivity index (χ2v) is 10.7. The standard InChI is InChI=1S/C26H23ClF4N4O4S/c1-25(2,33-22(36)21-17(27)10-11-40-21)24(38)32-18-13-35(15-5-7-16(8-6-15)39-26(29,30)31)19-9-4-14(28)12-20(19)34(3)23(18)37/h4-12,18H,13H2,1-3H3,(H,32,38)(H,33,36). The number of fused-ring (bicyclic) bond motifs is 1. The molecular formula is C26H23ClF4N4O4S. The quantitative estimate of drug-likeness (QED) is 0.379. The molecule has 1 aliphatic heterocycles. The minimum Gasteiger partial charge on any atom is -0.406 e. The molecule has 0 fully saturated rings. The minimum atomic E-state index is -4.88. The number of ether oxygens (including phenoxy) is 1. The fraction of sp³-hybridized carbons (Fsp3) is 0.269. The average Bonchev–Trinajstić information content (AvgIpc) is 3.27. The van der Waals surface area contributed by atoms with E-state index in [0.29, 0.717) is 11.4 Å². The molecule has 0 bridgehead atoms. The van der Waals surface area contributed by atoms with E-state index in [1.807, 2.05) is 0 Å². The van der Waals surface area contributed by atoms with Crippen molar-refractivity contribution >= 4 is 57.7 Å². The highest BCUT2D eigenvalue weighted by molar-refractivity contribution is 7.12. The van der Waals surface area contributed by atoms with Crippen molar-refractivity contribution in [3.8, 4) is 5.75 Å². The van der Waals surface area contributed by atoms with E-state index in [1.165, 1.54) is 50.1 Å². The number of benzene rings is 2. The SMILES string of the molecule is CN1C(=O)C(NC(=O)C(C)(C)NC(=O)c2sccc2Cl)CN(c2ccc(OC(F)(F)F)cc2)c2ccc(F)cc21. The Morgan fingerprint density at radius 1 is 1.07 bits per heavy atom. The molecular weight excluding hydrogens is 576 g/mol. The Labute approximate surface area is 235 Å². The van der Waals surface area contributed by atoms with Crippen molar-refractivity contribution in [3.63, 3.8) is 0 Å². The van der Waals surface area contributed by atoms with Gasteiger partial charge in [0.1, 0.15) is 28.0 Å². The van der Waals surface area contributed by atoms with Crippen molar-refractivity contribution in [2.45, 2.75) is 31.8 Å². The highest BCUT2D eigenvalue weighted by Gasteiger charge is 2.38. The zero-order chi connectivity index (χ0) is 29.4. The lowest BCUT2D eigenvalue weighted by molar-refractivity contribution is -0.274. The third-order valence-electron chi connectivity index (χ3n) is 6.09. The van der Waals surface area contributed by atoms with Gasteiger partial charge in [-0.25, -0.2) is 4.39 Å². The Morgan fingerprint density at radius 3 is 2.35 bits per heavy atom. The lowest BCUT2D eigenvalue weighted by Crippen LogP contribution is -2.60. The van der Waals surface area contributed by atoms with E-state index < -0.39 is 47.2 Å². The summed E-state index contributed by atoms with van der Waals surface area (Å²) < 4.78 is 56.0. The number of carbonyl (C=O) groups excluding carboxylic acids is 3. The van der Waals surface area contributed by atoms with Gasteiger partial charge in [-0.05, 0) is 67.8 Å². The summed E-state index contributed by atoms with van der Waals surface area (Å²) in [4.78, 5) is 42.4. The van der Waals surface area contributed by atoms with E-state index in [9.17, 15) is 31.9 Å². The summed E-state index contributed by atoms with van der Waals surface area (Å²) >= 11 is 7.13. The highest BCUT2D eigenvalue weighted by atomic mass is 35.5. The van der Waals surface area contributed by atoms with Crippen molar-refractivity contribution < 1.29 is 36.7 Å². The summed E-state index contributed by atoms with van der Waals surface area (Å²) in [5.41, 5.74) is -0.573. The molecule has 1 aromatic heterocycles. The Bertz CT molecular complexity index is 1450. The fourth-order valence-corrected chi connectivity index (χ4v) is 5.11. The first-order chi connectivity index (χ1) is 18.7. The molecule has 0 spiro atoms. The number of nitrogens with zero attached hydrogens (tertiary/aromatic N) is 2. The normalized spacial score (nSPS) is 15.8. The Balaban J connectivity index is 1.63. The highest BCUT2D eigenvalue weighted by Crippen LogP contribution is 2.38. The van der Waals surface area contributed by atoms with E-state index in [2.05, 4.69) is 15.4 Å². The molecule has 0 saturated carbocycles. The van der Waals surface area contributed by atoms with E-state index in [0.717, 1.165) is 29.5 Å². The van der Waals surface area contributed by atoms with Crippen LogP contribution in [0.5, 0.6) is 5.75 Å². The van der Waals surface area contributed by atoms with E-state index in [1.54, 1.807) is 16.3 Å². The van der Waals surface area contributed by atoms with Crippen molar-refractivity contribution in [1.82, 2.24) is 10.6 Å². The number of hydrogen-bond acceptors (Lipinski definition) is 6. The van der Waals surface area contributed by atoms with Gasteiger partial charge >= 0.3 is 6.36 Å². The van der Waals surface area contributed by atoms with Crippen LogP contribution in [0, 0.1) is 5.82 Å². The molecule has 4 rings (SSSR count). The average molecular weight is 599 g/mol. The molecule has 2 N–H and O–H groups in total. The third-order valence-corrected chi connectivity index (χ3v) is 7.43. The van der Waals surface area contributed by atoms with Gasteiger partial charge in [0, 0.05) is 12.7 Å². The molecule has 3 aromatic rings. The molecule has 2 aromatic carbocycles. The fourth-order valence-electron chi connectivity index (χ4n) is 4.08. The van der Waals surface area contributed by atoms with Crippen molar-refractivity contribution in [2.24, 2.45) is 0 Å². The van der Waals surface area contributed by atoms with E-state index >= 15 is 0 Å². The predicted molar refractivity (Wildman–Crippen MR) is 143 cm³/mol. The van der Waals surface area contributed by atoms with Crippen molar-refractivity contribution in [1.29, 1.82) is 0 Å². The molecule has 3 amide bonds. The van der Waals surface area contributed by atoms with Gasteiger partial charge in [-0.15, -0.1) is 24.5 Å². The van der Waals surface area contributed by atoms with Crippen LogP contribution in [0.3, 0.4) is 0 Å². The topological polar surface area (TPSA) is 91.0 Å². The van der Waals surface area contributed by atoms with Crippen LogP contribution in [-0.2, 0) is 9.59 Å². The van der Waals surface area contributed by atoms with Gasteiger partial charge in [0.15, 0.2) is 0 Å². The number of hydrogen-bond donors (Lipinski definition) is 2. The summed E-state index contributed by atoms with van der Waals surface area (Å²) in [6.45, 7) is 2.75. The van der Waals surface area contributed by atoms with Crippen LogP contribution < -0.4 is 25.2 Å². The van der Waals surface area contributed by atoms with E-state index in [-0.39, 0.29) is 22.1 Å². The van der Waals surface area contributed by atoms with Crippen LogP contribution in [0.25, 0.3) is 0 Å². The van der Waals surface area contributed by atoms with Crippen LogP contribution in [0.15, 0.2) is 53.9 Å². The number of rotatable bonds is 6. The summed E-state index contributed by atoms with van der Waals surface area (Å²) in [6, 6.07) is 8.99. The molecule has 40 heavy (non-hydrogen) atoms. The maximum absolute atomic E-state index is 14.2. The van der Waals surface area contributed by atoms with Gasteiger partial charge in [-0.2, -0.15) is 0 Å². The lowest BCUT2D eigenvalue weighted by atomic mass is 10.0. The van der Waals surface area contributed by atoms with Crippen molar-refractivity contribution in [2.75, 3.05) is 23.4 Å². The van der Waals surface area contributed by atoms with Crippen LogP contribution >= 0.6 is 22.9 Å². The first-order valence-corrected chi connectivity index (χ1v) is 13.0. The zero-order valence-corrected chi connectivity index (χ0v) is 22.9. The lowest BCUT2D eigenvalue weighted by Gasteiger charge is -2.30. The number of nitrogens with one attached hydrogen (secondary N) is 2. The summed E-state index contributed by atoms with van der Waals surface area (Å²) in [6.07, 6.45) is -4.88. The van der Waals surface area contributed by atoms with Gasteiger partial charge < -0.3 is 25.2 Å². The van der Waals surface area contributed by atoms with Crippen LogP contribution in [0.4, 0.5) is 34.6 Å². The summed E-state index contributed by atoms with van der Waals surface area (Å²) in [5.74, 6) is -2.91. The van der Waals surface area contributed by atoms with E-state index in [4.69, 9.17) is 11.6 Å². The van der Waals surface area contributed by atoms with Gasteiger partial charge in [0.05, 0.1) is 22.9 Å². The van der Waals surface area contributed by atoms with Gasteiger partial charge in [0.25, 0.3) is 11.8 Å². The number of thiophene rings is 1. The minimum absolute atomic E-state index is 0.159. The molecule has 1 unspecified atom stereocenters. The molecule has 8 nitrogen and oxygen atoms in total. The molecule has 0 saturated heterocycles. The maximum atomic E-state index is 14.2. The van der Waals surface area contributed by atoms with Gasteiger partial charge in [-0.1, -0.05) is 11.6 Å². The van der Waals surface area contributed by atoms with Gasteiger partial charge in [-0.3, -0.25) is 14.4 Å². The molecule has 2 heterocycles. The second kappa shape index (κ2) is 11.0. The Kier molecular flexibility index (Phi) is 7.99. The number of amides is 3.